The summed E-state index contributed by atoms with van der Waals surface area (Å²) >= 11 is 1.36. The lowest BCUT2D eigenvalue weighted by Crippen LogP contribution is -2.34. The van der Waals surface area contributed by atoms with Crippen molar-refractivity contribution >= 4 is 11.8 Å². The lowest BCUT2D eigenvalue weighted by atomic mass is 10.1. The number of thioether (sulfide) groups is 1. The van der Waals surface area contributed by atoms with Crippen molar-refractivity contribution in [2.24, 2.45) is 18.7 Å². The van der Waals surface area contributed by atoms with Crippen molar-refractivity contribution in [2.75, 3.05) is 5.75 Å². The summed E-state index contributed by atoms with van der Waals surface area (Å²) in [4.78, 5) is 25.7. The van der Waals surface area contributed by atoms with Gasteiger partial charge in [-0.2, -0.15) is 4.98 Å². The van der Waals surface area contributed by atoms with Crippen molar-refractivity contribution < 1.29 is 0 Å². The van der Waals surface area contributed by atoms with E-state index in [9.17, 15) is 9.59 Å². The molecule has 3 N–H and O–H groups in total. The van der Waals surface area contributed by atoms with Crippen molar-refractivity contribution in [3.05, 3.63) is 20.7 Å². The van der Waals surface area contributed by atoms with E-state index in [-0.39, 0.29) is 6.04 Å². The van der Waals surface area contributed by atoms with Crippen LogP contribution in [-0.2, 0) is 7.05 Å². The first-order chi connectivity index (χ1) is 7.41. The molecule has 1 aromatic rings. The SMILES string of the molecule is CC(C)C(N)CSc1nc(=O)c(=O)[nH]n1C. The minimum absolute atomic E-state index is 0.0360. The first-order valence-electron chi connectivity index (χ1n) is 4.97. The molecule has 1 atom stereocenters. The van der Waals surface area contributed by atoms with E-state index in [2.05, 4.69) is 10.1 Å². The fraction of sp³-hybridized carbons (Fsp3) is 0.667. The number of nitrogens with zero attached hydrogens (tertiary/aromatic N) is 2. The van der Waals surface area contributed by atoms with Gasteiger partial charge in [0.05, 0.1) is 0 Å². The zero-order chi connectivity index (χ0) is 12.3. The summed E-state index contributed by atoms with van der Waals surface area (Å²) in [5, 5.41) is 2.86. The number of aromatic amines is 1. The maximum absolute atomic E-state index is 11.1. The molecule has 0 aromatic carbocycles. The van der Waals surface area contributed by atoms with Crippen molar-refractivity contribution in [1.29, 1.82) is 0 Å². The average Bonchev–Trinajstić information content (AvgIpc) is 2.20. The molecule has 0 saturated carbocycles. The molecule has 6 nitrogen and oxygen atoms in total. The van der Waals surface area contributed by atoms with Gasteiger partial charge in [0.2, 0.25) is 0 Å². The molecule has 1 heterocycles. The molecule has 0 saturated heterocycles. The minimum atomic E-state index is -0.765. The highest BCUT2D eigenvalue weighted by molar-refractivity contribution is 7.99. The molecular formula is C9H16N4O2S. The Labute approximate surface area is 97.2 Å². The van der Waals surface area contributed by atoms with Gasteiger partial charge in [-0.1, -0.05) is 25.6 Å². The van der Waals surface area contributed by atoms with Gasteiger partial charge in [0.1, 0.15) is 0 Å². The Kier molecular flexibility index (Phi) is 4.31. The van der Waals surface area contributed by atoms with Crippen LogP contribution >= 0.6 is 11.8 Å². The van der Waals surface area contributed by atoms with Gasteiger partial charge in [0.25, 0.3) is 0 Å². The summed E-state index contributed by atoms with van der Waals surface area (Å²) in [7, 11) is 1.64. The Morgan fingerprint density at radius 3 is 2.69 bits per heavy atom. The van der Waals surface area contributed by atoms with Crippen LogP contribution in [0, 0.1) is 5.92 Å². The van der Waals surface area contributed by atoms with Gasteiger partial charge in [0.15, 0.2) is 5.16 Å². The van der Waals surface area contributed by atoms with Gasteiger partial charge >= 0.3 is 11.1 Å². The van der Waals surface area contributed by atoms with Crippen LogP contribution < -0.4 is 16.9 Å². The smallest absolute Gasteiger partial charge is 0.327 e. The number of aromatic nitrogens is 3. The predicted molar refractivity (Wildman–Crippen MR) is 63.6 cm³/mol. The largest absolute Gasteiger partial charge is 0.339 e. The second-order valence-electron chi connectivity index (χ2n) is 3.92. The fourth-order valence-corrected chi connectivity index (χ4v) is 2.07. The zero-order valence-electron chi connectivity index (χ0n) is 9.56. The number of aryl methyl sites for hydroxylation is 1. The van der Waals surface area contributed by atoms with Gasteiger partial charge in [-0.3, -0.25) is 19.4 Å². The van der Waals surface area contributed by atoms with Crippen molar-refractivity contribution in [3.63, 3.8) is 0 Å². The second-order valence-corrected chi connectivity index (χ2v) is 4.91. The molecule has 0 radical (unpaired) electrons. The highest BCUT2D eigenvalue weighted by Gasteiger charge is 2.10. The average molecular weight is 244 g/mol. The van der Waals surface area contributed by atoms with Crippen LogP contribution in [-0.4, -0.2) is 26.6 Å². The maximum Gasteiger partial charge on any atom is 0.339 e. The third-order valence-electron chi connectivity index (χ3n) is 2.21. The summed E-state index contributed by atoms with van der Waals surface area (Å²) in [5.41, 5.74) is 4.40. The van der Waals surface area contributed by atoms with Gasteiger partial charge in [0, 0.05) is 18.8 Å². The maximum atomic E-state index is 11.1. The highest BCUT2D eigenvalue weighted by atomic mass is 32.2. The summed E-state index contributed by atoms with van der Waals surface area (Å²) in [5.74, 6) is 1.02. The lowest BCUT2D eigenvalue weighted by molar-refractivity contribution is 0.533. The molecule has 1 aromatic heterocycles. The Morgan fingerprint density at radius 2 is 2.12 bits per heavy atom. The number of hydrogen-bond acceptors (Lipinski definition) is 5. The van der Waals surface area contributed by atoms with E-state index in [0.717, 1.165) is 0 Å². The summed E-state index contributed by atoms with van der Waals surface area (Å²) in [6.07, 6.45) is 0. The van der Waals surface area contributed by atoms with E-state index in [1.807, 2.05) is 13.8 Å². The normalized spacial score (nSPS) is 13.1. The first kappa shape index (κ1) is 13.0. The molecule has 0 fully saturated rings. The molecule has 0 aliphatic rings. The standard InChI is InChI=1S/C9H16N4O2S/c1-5(2)6(10)4-16-9-11-7(14)8(15)12-13(9)3/h5-6H,4,10H2,1-3H3,(H,12,15). The van der Waals surface area contributed by atoms with Crippen LogP contribution in [0.15, 0.2) is 14.7 Å². The van der Waals surface area contributed by atoms with E-state index >= 15 is 0 Å². The van der Waals surface area contributed by atoms with Crippen molar-refractivity contribution in [2.45, 2.75) is 25.0 Å². The Balaban J connectivity index is 2.79. The molecule has 90 valence electrons. The molecule has 7 heteroatoms. The Bertz CT molecular complexity index is 465. The fourth-order valence-electron chi connectivity index (χ4n) is 0.953. The summed E-state index contributed by atoms with van der Waals surface area (Å²) in [6.45, 7) is 4.06. The Morgan fingerprint density at radius 1 is 1.50 bits per heavy atom. The second kappa shape index (κ2) is 5.31. The number of H-pyrrole nitrogens is 1. The lowest BCUT2D eigenvalue weighted by Gasteiger charge is -2.14. The number of hydrogen-bond donors (Lipinski definition) is 2. The summed E-state index contributed by atoms with van der Waals surface area (Å²) < 4.78 is 1.43. The predicted octanol–water partition coefficient (Wildman–Crippen LogP) is -0.456. The van der Waals surface area contributed by atoms with E-state index in [4.69, 9.17) is 5.73 Å². The van der Waals surface area contributed by atoms with E-state index in [1.165, 1.54) is 16.4 Å². The number of nitrogens with one attached hydrogen (secondary N) is 1. The number of rotatable bonds is 4. The minimum Gasteiger partial charge on any atom is -0.327 e. The third kappa shape index (κ3) is 3.21. The number of nitrogens with two attached hydrogens (primary N) is 1. The van der Waals surface area contributed by atoms with Gasteiger partial charge in [-0.25, -0.2) is 0 Å². The first-order valence-corrected chi connectivity index (χ1v) is 5.96. The van der Waals surface area contributed by atoms with Crippen LogP contribution in [0.3, 0.4) is 0 Å². The molecule has 0 aliphatic heterocycles. The van der Waals surface area contributed by atoms with E-state index in [0.29, 0.717) is 16.8 Å². The van der Waals surface area contributed by atoms with Gasteiger partial charge in [-0.15, -0.1) is 0 Å². The molecule has 0 spiro atoms. The molecule has 1 rings (SSSR count). The molecule has 1 unspecified atom stereocenters. The van der Waals surface area contributed by atoms with E-state index in [1.54, 1.807) is 7.05 Å². The topological polar surface area (TPSA) is 93.8 Å². The van der Waals surface area contributed by atoms with Gasteiger partial charge in [-0.05, 0) is 5.92 Å². The summed E-state index contributed by atoms with van der Waals surface area (Å²) in [6, 6.07) is 0.0360. The van der Waals surface area contributed by atoms with Crippen molar-refractivity contribution in [3.8, 4) is 0 Å². The van der Waals surface area contributed by atoms with Crippen LogP contribution in [0.1, 0.15) is 13.8 Å². The third-order valence-corrected chi connectivity index (χ3v) is 3.38. The van der Waals surface area contributed by atoms with Crippen LogP contribution in [0.5, 0.6) is 0 Å². The molecular weight excluding hydrogens is 228 g/mol. The molecule has 0 bridgehead atoms. The quantitative estimate of drug-likeness (QED) is 0.552. The molecule has 16 heavy (non-hydrogen) atoms. The van der Waals surface area contributed by atoms with Crippen LogP contribution in [0.25, 0.3) is 0 Å². The van der Waals surface area contributed by atoms with Gasteiger partial charge < -0.3 is 5.73 Å². The monoisotopic (exact) mass is 244 g/mol. The highest BCUT2D eigenvalue weighted by Crippen LogP contribution is 2.14. The zero-order valence-corrected chi connectivity index (χ0v) is 10.4. The van der Waals surface area contributed by atoms with E-state index < -0.39 is 11.1 Å². The molecule has 0 aliphatic carbocycles. The van der Waals surface area contributed by atoms with Crippen LogP contribution in [0.2, 0.25) is 0 Å². The van der Waals surface area contributed by atoms with Crippen LogP contribution in [0.4, 0.5) is 0 Å². The van der Waals surface area contributed by atoms with Crippen molar-refractivity contribution in [1.82, 2.24) is 14.8 Å². The Hall–Kier alpha value is -1.08. The molecule has 0 amide bonds.